The van der Waals surface area contributed by atoms with E-state index in [1.807, 2.05) is 0 Å². The van der Waals surface area contributed by atoms with E-state index in [0.717, 1.165) is 0 Å². The predicted molar refractivity (Wildman–Crippen MR) is 133 cm³/mol. The number of pyridine rings is 2. The summed E-state index contributed by atoms with van der Waals surface area (Å²) in [5.74, 6) is -5.09. The summed E-state index contributed by atoms with van der Waals surface area (Å²) in [5.41, 5.74) is -0.398. The fourth-order valence-corrected chi connectivity index (χ4v) is 4.43. The van der Waals surface area contributed by atoms with Crippen LogP contribution in [0.3, 0.4) is 0 Å². The van der Waals surface area contributed by atoms with Crippen molar-refractivity contribution in [1.29, 1.82) is 0 Å². The number of ether oxygens (including phenoxy) is 4. The Morgan fingerprint density at radius 2 is 1.95 bits per heavy atom. The molecule has 1 amide bonds. The predicted octanol–water partition coefficient (Wildman–Crippen LogP) is 1.75. The fraction of sp³-hybridized carbons (Fsp3) is 0.440. The van der Waals surface area contributed by atoms with Crippen LogP contribution in [0.15, 0.2) is 41.7 Å². The molecule has 0 unspecified atom stereocenters. The first-order chi connectivity index (χ1) is 18.1. The molecule has 13 heteroatoms. The molecule has 0 bridgehead atoms. The average molecular weight is 548 g/mol. The molecule has 2 N–H and O–H groups in total. The van der Waals surface area contributed by atoms with Gasteiger partial charge in [0.25, 0.3) is 5.91 Å². The summed E-state index contributed by atoms with van der Waals surface area (Å²) < 4.78 is 21.5. The van der Waals surface area contributed by atoms with Crippen LogP contribution in [0.2, 0.25) is 0 Å². The lowest BCUT2D eigenvalue weighted by atomic mass is 10.00. The van der Waals surface area contributed by atoms with Gasteiger partial charge in [0.1, 0.15) is 18.6 Å². The molecule has 0 radical (unpaired) electrons. The summed E-state index contributed by atoms with van der Waals surface area (Å²) in [7, 11) is 1.30. The number of carbonyl (C=O) groups is 4. The van der Waals surface area contributed by atoms with Gasteiger partial charge in [0.2, 0.25) is 0 Å². The third kappa shape index (κ3) is 7.12. The number of amides is 1. The maximum absolute atomic E-state index is 13.2. The summed E-state index contributed by atoms with van der Waals surface area (Å²) >= 11 is 1.25. The Morgan fingerprint density at radius 1 is 1.18 bits per heavy atom. The van der Waals surface area contributed by atoms with Crippen molar-refractivity contribution in [1.82, 2.24) is 15.3 Å². The first-order valence-corrected chi connectivity index (χ1v) is 12.7. The van der Waals surface area contributed by atoms with Crippen molar-refractivity contribution in [2.24, 2.45) is 11.8 Å². The van der Waals surface area contributed by atoms with Crippen molar-refractivity contribution in [3.8, 4) is 11.5 Å². The lowest BCUT2D eigenvalue weighted by Crippen LogP contribution is -2.47. The van der Waals surface area contributed by atoms with Crippen LogP contribution < -0.4 is 10.1 Å². The molecule has 3 rings (SSSR count). The first-order valence-electron chi connectivity index (χ1n) is 11.8. The normalized spacial score (nSPS) is 21.8. The number of cyclic esters (lactones) is 2. The molecule has 1 saturated heterocycles. The summed E-state index contributed by atoms with van der Waals surface area (Å²) in [6, 6.07) is 5.23. The second-order valence-corrected chi connectivity index (χ2v) is 9.69. The molecule has 0 aliphatic carbocycles. The number of aromatic nitrogens is 2. The third-order valence-corrected chi connectivity index (χ3v) is 6.60. The zero-order chi connectivity index (χ0) is 27.8. The van der Waals surface area contributed by atoms with Crippen LogP contribution in [-0.2, 0) is 28.6 Å². The fourth-order valence-electron chi connectivity index (χ4n) is 3.45. The van der Waals surface area contributed by atoms with E-state index in [4.69, 9.17) is 18.9 Å². The minimum Gasteiger partial charge on any atom is -0.503 e. The van der Waals surface area contributed by atoms with Crippen molar-refractivity contribution in [2.45, 2.75) is 44.0 Å². The van der Waals surface area contributed by atoms with Crippen LogP contribution in [0.5, 0.6) is 11.5 Å². The molecule has 0 spiro atoms. The van der Waals surface area contributed by atoms with Crippen LogP contribution in [0.25, 0.3) is 0 Å². The van der Waals surface area contributed by atoms with Crippen LogP contribution in [-0.4, -0.2) is 76.6 Å². The van der Waals surface area contributed by atoms with Gasteiger partial charge in [-0.25, -0.2) is 14.8 Å². The monoisotopic (exact) mass is 547 g/mol. The second kappa shape index (κ2) is 13.1. The molecule has 4 atom stereocenters. The van der Waals surface area contributed by atoms with Crippen LogP contribution in [0, 0.1) is 11.8 Å². The maximum Gasteiger partial charge on any atom is 0.332 e. The Kier molecular flexibility index (Phi) is 9.88. The molecule has 12 nitrogen and oxygen atoms in total. The quantitative estimate of drug-likeness (QED) is 0.280. The van der Waals surface area contributed by atoms with E-state index in [-0.39, 0.29) is 11.5 Å². The van der Waals surface area contributed by atoms with Crippen LogP contribution in [0.1, 0.15) is 31.3 Å². The smallest absolute Gasteiger partial charge is 0.332 e. The van der Waals surface area contributed by atoms with Crippen molar-refractivity contribution in [2.75, 3.05) is 19.5 Å². The third-order valence-electron chi connectivity index (χ3n) is 5.54. The molecule has 38 heavy (non-hydrogen) atoms. The van der Waals surface area contributed by atoms with E-state index in [9.17, 15) is 24.3 Å². The van der Waals surface area contributed by atoms with Gasteiger partial charge in [-0.1, -0.05) is 19.9 Å². The summed E-state index contributed by atoms with van der Waals surface area (Å²) in [4.78, 5) is 59.5. The van der Waals surface area contributed by atoms with Crippen molar-refractivity contribution in [3.05, 3.63) is 42.4 Å². The average Bonchev–Trinajstić information content (AvgIpc) is 2.93. The number of nitrogens with one attached hydrogen (secondary N) is 1. The van der Waals surface area contributed by atoms with E-state index < -0.39 is 72.0 Å². The Labute approximate surface area is 223 Å². The SMILES string of the molecule is COc1ccnc(C(=O)N[C@H]2COC(=O)[C@H](CSc3ccccn3)[C@@H](OC(=O)C(C)C)[C@H](C)OC2=O)c1O. The number of hydrogen-bond donors (Lipinski definition) is 2. The number of methoxy groups -OCH3 is 1. The summed E-state index contributed by atoms with van der Waals surface area (Å²) in [6.07, 6.45) is 0.630. The minimum atomic E-state index is -1.43. The standard InChI is InChI=1S/C25H29N3O9S/c1-13(2)23(31)37-21-14(3)36-25(33)16(28-22(30)19-20(29)17(34-4)8-10-27-19)11-35-24(32)15(21)12-38-18-7-5-6-9-26-18/h5-10,13-16,21,29H,11-12H2,1-4H3,(H,28,30)/t14-,15+,16-,21-/m0/s1. The zero-order valence-corrected chi connectivity index (χ0v) is 22.1. The highest BCUT2D eigenvalue weighted by Gasteiger charge is 2.42. The maximum atomic E-state index is 13.2. The van der Waals surface area contributed by atoms with E-state index in [1.54, 1.807) is 38.2 Å². The first kappa shape index (κ1) is 28.7. The van der Waals surface area contributed by atoms with Gasteiger partial charge in [-0.3, -0.25) is 14.4 Å². The van der Waals surface area contributed by atoms with Crippen molar-refractivity contribution >= 4 is 35.6 Å². The molecule has 0 saturated carbocycles. The highest BCUT2D eigenvalue weighted by molar-refractivity contribution is 7.99. The van der Waals surface area contributed by atoms with Crippen molar-refractivity contribution in [3.63, 3.8) is 0 Å². The van der Waals surface area contributed by atoms with Gasteiger partial charge >= 0.3 is 17.9 Å². The van der Waals surface area contributed by atoms with Gasteiger partial charge in [0, 0.05) is 24.2 Å². The van der Waals surface area contributed by atoms with Gasteiger partial charge in [-0.2, -0.15) is 0 Å². The largest absolute Gasteiger partial charge is 0.503 e. The number of esters is 3. The Bertz CT molecular complexity index is 1160. The zero-order valence-electron chi connectivity index (χ0n) is 21.3. The van der Waals surface area contributed by atoms with Gasteiger partial charge in [0.05, 0.1) is 18.1 Å². The number of rotatable bonds is 8. The molecular formula is C25H29N3O9S. The Hall–Kier alpha value is -3.87. The van der Waals surface area contributed by atoms with Crippen molar-refractivity contribution < 1.29 is 43.2 Å². The van der Waals surface area contributed by atoms with Crippen LogP contribution in [0.4, 0.5) is 0 Å². The number of nitrogens with zero attached hydrogens (tertiary/aromatic N) is 2. The lowest BCUT2D eigenvalue weighted by Gasteiger charge is -2.29. The van der Waals surface area contributed by atoms with E-state index in [1.165, 1.54) is 38.1 Å². The molecule has 204 valence electrons. The van der Waals surface area contributed by atoms with E-state index in [0.29, 0.717) is 5.03 Å². The molecule has 1 aliphatic rings. The van der Waals surface area contributed by atoms with Gasteiger partial charge in [0.15, 0.2) is 29.3 Å². The topological polar surface area (TPSA) is 163 Å². The Balaban J connectivity index is 1.84. The summed E-state index contributed by atoms with van der Waals surface area (Å²) in [5, 5.41) is 13.2. The highest BCUT2D eigenvalue weighted by Crippen LogP contribution is 2.29. The van der Waals surface area contributed by atoms with E-state index >= 15 is 0 Å². The Morgan fingerprint density at radius 3 is 2.61 bits per heavy atom. The highest BCUT2D eigenvalue weighted by atomic mass is 32.2. The van der Waals surface area contributed by atoms with Crippen LogP contribution >= 0.6 is 11.8 Å². The molecule has 3 heterocycles. The molecule has 2 aromatic rings. The number of aromatic hydroxyl groups is 1. The van der Waals surface area contributed by atoms with Gasteiger partial charge < -0.3 is 29.4 Å². The van der Waals surface area contributed by atoms with Gasteiger partial charge in [-0.05, 0) is 19.1 Å². The molecule has 0 aromatic carbocycles. The lowest BCUT2D eigenvalue weighted by molar-refractivity contribution is -0.175. The molecule has 1 fully saturated rings. The second-order valence-electron chi connectivity index (χ2n) is 8.65. The minimum absolute atomic E-state index is 0.00491. The number of hydrogen-bond acceptors (Lipinski definition) is 12. The molecule has 1 aliphatic heterocycles. The molecule has 2 aromatic heterocycles. The number of carbonyl (C=O) groups excluding carboxylic acids is 4. The summed E-state index contributed by atoms with van der Waals surface area (Å²) in [6.45, 7) is 4.20. The van der Waals surface area contributed by atoms with E-state index in [2.05, 4.69) is 15.3 Å². The van der Waals surface area contributed by atoms with Gasteiger partial charge in [-0.15, -0.1) is 11.8 Å². The molecular weight excluding hydrogens is 518 g/mol. The number of thioether (sulfide) groups is 1.